The van der Waals surface area contributed by atoms with Gasteiger partial charge in [-0.25, -0.2) is 0 Å². The van der Waals surface area contributed by atoms with E-state index >= 15 is 0 Å². The number of amides is 1. The molecule has 1 amide bonds. The second-order valence-corrected chi connectivity index (χ2v) is 16.6. The highest BCUT2D eigenvalue weighted by molar-refractivity contribution is 7.85. The minimum absolute atomic E-state index is 0.278. The fraction of sp³-hybridized carbons (Fsp3) is 0.884. The van der Waals surface area contributed by atoms with Gasteiger partial charge >= 0.3 is 0 Å². The third-order valence-electron chi connectivity index (χ3n) is 9.99. The first kappa shape index (κ1) is 49.8. The molecule has 0 saturated heterocycles. The van der Waals surface area contributed by atoms with E-state index in [1.165, 1.54) is 160 Å². The van der Waals surface area contributed by atoms with E-state index in [4.69, 9.17) is 0 Å². The molecular formula is C43H83NO6S. The Morgan fingerprint density at radius 2 is 0.882 bits per heavy atom. The van der Waals surface area contributed by atoms with Crippen LogP contribution in [0.2, 0.25) is 0 Å². The Labute approximate surface area is 316 Å². The van der Waals surface area contributed by atoms with Gasteiger partial charge in [0.05, 0.1) is 17.9 Å². The minimum Gasteiger partial charge on any atom is -0.387 e. The van der Waals surface area contributed by atoms with Crippen LogP contribution in [0.4, 0.5) is 0 Å². The summed E-state index contributed by atoms with van der Waals surface area (Å²) >= 11 is 0. The van der Waals surface area contributed by atoms with Crippen LogP contribution in [0.25, 0.3) is 0 Å². The van der Waals surface area contributed by atoms with Gasteiger partial charge < -0.3 is 15.5 Å². The molecule has 8 heteroatoms. The number of aliphatic hydroxyl groups is 2. The highest BCUT2D eigenvalue weighted by Gasteiger charge is 2.27. The summed E-state index contributed by atoms with van der Waals surface area (Å²) in [4.78, 5) is 12.6. The number of unbranched alkanes of at least 4 members (excludes halogenated alkanes) is 28. The second-order valence-electron chi connectivity index (χ2n) is 15.1. The molecule has 3 atom stereocenters. The molecule has 0 saturated carbocycles. The zero-order valence-electron chi connectivity index (χ0n) is 33.4. The van der Waals surface area contributed by atoms with E-state index in [1.54, 1.807) is 6.08 Å². The number of rotatable bonds is 39. The van der Waals surface area contributed by atoms with Gasteiger partial charge in [-0.3, -0.25) is 9.35 Å². The number of carbonyl (C=O) groups is 1. The van der Waals surface area contributed by atoms with Crippen molar-refractivity contribution in [3.63, 3.8) is 0 Å². The molecule has 0 spiro atoms. The molecule has 302 valence electrons. The van der Waals surface area contributed by atoms with Crippen molar-refractivity contribution in [2.24, 2.45) is 0 Å². The summed E-state index contributed by atoms with van der Waals surface area (Å²) in [6.07, 6.45) is 43.8. The van der Waals surface area contributed by atoms with E-state index in [0.29, 0.717) is 12.8 Å². The molecule has 7 nitrogen and oxygen atoms in total. The molecule has 0 aromatic heterocycles. The van der Waals surface area contributed by atoms with Gasteiger partial charge in [0.25, 0.3) is 10.1 Å². The molecule has 0 bridgehead atoms. The van der Waals surface area contributed by atoms with Crippen molar-refractivity contribution in [1.82, 2.24) is 5.32 Å². The number of carbonyl (C=O) groups excluding carboxylic acids is 1. The quantitative estimate of drug-likeness (QED) is 0.0282. The van der Waals surface area contributed by atoms with Crippen molar-refractivity contribution in [2.75, 3.05) is 5.75 Å². The Hall–Kier alpha value is -1.22. The summed E-state index contributed by atoms with van der Waals surface area (Å²) in [6.45, 7) is 4.52. The van der Waals surface area contributed by atoms with Gasteiger partial charge in [0.1, 0.15) is 6.10 Å². The van der Waals surface area contributed by atoms with Crippen LogP contribution in [-0.4, -0.2) is 53.1 Å². The lowest BCUT2D eigenvalue weighted by Gasteiger charge is -2.22. The van der Waals surface area contributed by atoms with Crippen LogP contribution in [0.3, 0.4) is 0 Å². The van der Waals surface area contributed by atoms with Crippen LogP contribution in [0.1, 0.15) is 219 Å². The normalized spacial score (nSPS) is 14.1. The maximum atomic E-state index is 12.6. The molecule has 0 aromatic rings. The molecule has 4 N–H and O–H groups in total. The first-order valence-corrected chi connectivity index (χ1v) is 23.3. The van der Waals surface area contributed by atoms with E-state index in [0.717, 1.165) is 32.1 Å². The van der Waals surface area contributed by atoms with Gasteiger partial charge in [-0.1, -0.05) is 212 Å². The van der Waals surface area contributed by atoms with E-state index < -0.39 is 40.0 Å². The molecule has 0 rings (SSSR count). The Kier molecular flexibility index (Phi) is 36.2. The Balaban J connectivity index is 4.04. The summed E-state index contributed by atoms with van der Waals surface area (Å²) < 4.78 is 32.5. The number of hydrogen-bond acceptors (Lipinski definition) is 5. The SMILES string of the molecule is CCCCCCCCCCCCCCC/C=C/CC/C=C/C(O)C(CS(=O)(=O)O)NC(=O)C(O)CCCCCCCCCCCCCCCCC. The monoisotopic (exact) mass is 742 g/mol. The Bertz CT molecular complexity index is 921. The van der Waals surface area contributed by atoms with Crippen LogP contribution in [-0.2, 0) is 14.9 Å². The first-order valence-electron chi connectivity index (χ1n) is 21.6. The van der Waals surface area contributed by atoms with Crippen molar-refractivity contribution >= 4 is 16.0 Å². The van der Waals surface area contributed by atoms with Crippen LogP contribution < -0.4 is 5.32 Å². The van der Waals surface area contributed by atoms with E-state index in [2.05, 4.69) is 31.3 Å². The van der Waals surface area contributed by atoms with Gasteiger partial charge in [0.2, 0.25) is 5.91 Å². The van der Waals surface area contributed by atoms with Gasteiger partial charge in [0, 0.05) is 0 Å². The predicted molar refractivity (Wildman–Crippen MR) is 218 cm³/mol. The molecule has 0 radical (unpaired) electrons. The zero-order valence-corrected chi connectivity index (χ0v) is 34.2. The van der Waals surface area contributed by atoms with Crippen molar-refractivity contribution in [1.29, 1.82) is 0 Å². The van der Waals surface area contributed by atoms with E-state index in [1.807, 2.05) is 0 Å². The fourth-order valence-corrected chi connectivity index (χ4v) is 7.38. The van der Waals surface area contributed by atoms with E-state index in [-0.39, 0.29) is 6.42 Å². The summed E-state index contributed by atoms with van der Waals surface area (Å²) in [6, 6.07) is -1.24. The Morgan fingerprint density at radius 1 is 0.529 bits per heavy atom. The van der Waals surface area contributed by atoms with Crippen LogP contribution in [0, 0.1) is 0 Å². The molecule has 0 aromatic carbocycles. The smallest absolute Gasteiger partial charge is 0.267 e. The average molecular weight is 742 g/mol. The van der Waals surface area contributed by atoms with Crippen LogP contribution in [0.5, 0.6) is 0 Å². The summed E-state index contributed by atoms with van der Waals surface area (Å²) in [5.74, 6) is -1.55. The highest BCUT2D eigenvalue weighted by atomic mass is 32.2. The number of nitrogens with one attached hydrogen (secondary N) is 1. The van der Waals surface area contributed by atoms with Gasteiger partial charge in [-0.05, 0) is 32.1 Å². The Morgan fingerprint density at radius 3 is 1.29 bits per heavy atom. The highest BCUT2D eigenvalue weighted by Crippen LogP contribution is 2.15. The largest absolute Gasteiger partial charge is 0.387 e. The van der Waals surface area contributed by atoms with Crippen LogP contribution in [0.15, 0.2) is 24.3 Å². The molecule has 0 fully saturated rings. The second kappa shape index (κ2) is 37.1. The lowest BCUT2D eigenvalue weighted by Crippen LogP contribution is -2.50. The van der Waals surface area contributed by atoms with Crippen LogP contribution >= 0.6 is 0 Å². The summed E-state index contributed by atoms with van der Waals surface area (Å²) in [5.41, 5.74) is 0. The third-order valence-corrected chi connectivity index (χ3v) is 10.8. The number of aliphatic hydroxyl groups excluding tert-OH is 2. The van der Waals surface area contributed by atoms with Gasteiger partial charge in [0.15, 0.2) is 0 Å². The maximum absolute atomic E-state index is 12.6. The van der Waals surface area contributed by atoms with Crippen molar-refractivity contribution in [3.05, 3.63) is 24.3 Å². The van der Waals surface area contributed by atoms with Gasteiger partial charge in [-0.15, -0.1) is 0 Å². The topological polar surface area (TPSA) is 124 Å². The average Bonchev–Trinajstić information content (AvgIpc) is 3.09. The minimum atomic E-state index is -4.45. The predicted octanol–water partition coefficient (Wildman–Crippen LogP) is 11.7. The maximum Gasteiger partial charge on any atom is 0.267 e. The lowest BCUT2D eigenvalue weighted by molar-refractivity contribution is -0.130. The zero-order chi connectivity index (χ0) is 37.7. The molecule has 3 unspecified atom stereocenters. The molecule has 0 aliphatic rings. The molecule has 0 aliphatic carbocycles. The van der Waals surface area contributed by atoms with Crippen molar-refractivity contribution in [2.45, 2.75) is 238 Å². The summed E-state index contributed by atoms with van der Waals surface area (Å²) in [5, 5.41) is 23.4. The molecule has 0 aliphatic heterocycles. The first-order chi connectivity index (χ1) is 24.7. The fourth-order valence-electron chi connectivity index (χ4n) is 6.65. The van der Waals surface area contributed by atoms with Gasteiger partial charge in [-0.2, -0.15) is 8.42 Å². The number of hydrogen-bond donors (Lipinski definition) is 4. The van der Waals surface area contributed by atoms with Crippen molar-refractivity contribution < 1.29 is 28.0 Å². The molecule has 0 heterocycles. The molecule has 51 heavy (non-hydrogen) atoms. The van der Waals surface area contributed by atoms with E-state index in [9.17, 15) is 28.0 Å². The van der Waals surface area contributed by atoms with Crippen molar-refractivity contribution in [3.8, 4) is 0 Å². The standard InChI is InChI=1S/C43H83NO6S/c1-3-5-7-9-11-13-15-17-19-20-21-22-24-25-27-29-31-33-35-37-41(45)40(39-51(48,49)50)44-43(47)42(46)38-36-34-32-30-28-26-23-18-16-14-12-10-8-6-4-2/h27,29,35,37,40-42,45-46H,3-26,28,30-34,36,38-39H2,1-2H3,(H,44,47)(H,48,49,50)/b29-27+,37-35+. The molecular weight excluding hydrogens is 659 g/mol. The third kappa shape index (κ3) is 36.9. The summed E-state index contributed by atoms with van der Waals surface area (Å²) in [7, 11) is -4.45. The lowest BCUT2D eigenvalue weighted by atomic mass is 10.0. The number of allylic oxidation sites excluding steroid dienone is 3.